The summed E-state index contributed by atoms with van der Waals surface area (Å²) in [7, 11) is 0. The maximum atomic E-state index is 12.5. The first-order valence-corrected chi connectivity index (χ1v) is 8.81. The summed E-state index contributed by atoms with van der Waals surface area (Å²) in [5, 5.41) is 11.8. The van der Waals surface area contributed by atoms with Gasteiger partial charge in [-0.1, -0.05) is 41.9 Å². The summed E-state index contributed by atoms with van der Waals surface area (Å²) in [6.45, 7) is 1.81. The fourth-order valence-electron chi connectivity index (χ4n) is 2.53. The third-order valence-electron chi connectivity index (χ3n) is 3.90. The molecule has 7 nitrogen and oxygen atoms in total. The van der Waals surface area contributed by atoms with E-state index in [4.69, 9.17) is 11.6 Å². The van der Waals surface area contributed by atoms with Gasteiger partial charge in [-0.15, -0.1) is 0 Å². The molecular formula is C18H16ClF3N6O. The molecule has 0 radical (unpaired) electrons. The highest BCUT2D eigenvalue weighted by Gasteiger charge is 2.33. The lowest BCUT2D eigenvalue weighted by molar-refractivity contribution is -0.141. The monoisotopic (exact) mass is 424 g/mol. The van der Waals surface area contributed by atoms with Crippen LogP contribution in [0.4, 0.5) is 13.2 Å². The van der Waals surface area contributed by atoms with Crippen LogP contribution in [0.3, 0.4) is 0 Å². The molecule has 0 spiro atoms. The molecule has 0 atom stereocenters. The maximum Gasteiger partial charge on any atom is 0.435 e. The van der Waals surface area contributed by atoms with Gasteiger partial charge in [-0.05, 0) is 18.6 Å². The van der Waals surface area contributed by atoms with Gasteiger partial charge in [0.05, 0.1) is 24.0 Å². The number of benzene rings is 1. The van der Waals surface area contributed by atoms with Gasteiger partial charge < -0.3 is 0 Å². The highest BCUT2D eigenvalue weighted by Crippen LogP contribution is 2.27. The van der Waals surface area contributed by atoms with Crippen molar-refractivity contribution in [2.45, 2.75) is 26.2 Å². The first kappa shape index (κ1) is 20.6. The Morgan fingerprint density at radius 1 is 1.24 bits per heavy atom. The lowest BCUT2D eigenvalue weighted by Crippen LogP contribution is -2.23. The third kappa shape index (κ3) is 5.23. The molecule has 3 aromatic rings. The van der Waals surface area contributed by atoms with Crippen LogP contribution in [-0.4, -0.2) is 31.7 Å². The van der Waals surface area contributed by atoms with Crippen molar-refractivity contribution in [1.29, 1.82) is 0 Å². The van der Waals surface area contributed by atoms with Crippen LogP contribution in [0.25, 0.3) is 0 Å². The minimum atomic E-state index is -4.56. The molecule has 1 aromatic carbocycles. The van der Waals surface area contributed by atoms with Crippen molar-refractivity contribution < 1.29 is 18.0 Å². The number of aryl methyl sites for hydroxylation is 1. The fourth-order valence-corrected chi connectivity index (χ4v) is 2.81. The second kappa shape index (κ2) is 8.48. The molecule has 1 amide bonds. The summed E-state index contributed by atoms with van der Waals surface area (Å²) in [6, 6.07) is 10.4. The number of carbonyl (C=O) groups is 1. The molecule has 29 heavy (non-hydrogen) atoms. The van der Waals surface area contributed by atoms with E-state index < -0.39 is 24.3 Å². The number of hydrogen-bond donors (Lipinski definition) is 1. The predicted octanol–water partition coefficient (Wildman–Crippen LogP) is 3.26. The topological polar surface area (TPSA) is 77.1 Å². The number of halogens is 4. The number of alkyl halides is 3. The number of nitrogens with one attached hydrogen (secondary N) is 1. The van der Waals surface area contributed by atoms with E-state index in [9.17, 15) is 18.0 Å². The Labute approximate surface area is 168 Å². The van der Waals surface area contributed by atoms with Gasteiger partial charge in [0.25, 0.3) is 5.91 Å². The number of amides is 1. The summed E-state index contributed by atoms with van der Waals surface area (Å²) in [5.41, 5.74) is 3.33. The fraction of sp³-hybridized carbons (Fsp3) is 0.222. The average Bonchev–Trinajstić information content (AvgIpc) is 3.23. The number of nitrogens with zero attached hydrogens (tertiary/aromatic N) is 5. The van der Waals surface area contributed by atoms with Gasteiger partial charge in [0, 0.05) is 6.20 Å². The van der Waals surface area contributed by atoms with Crippen molar-refractivity contribution in [2.24, 2.45) is 5.10 Å². The zero-order chi connectivity index (χ0) is 21.0. The van der Waals surface area contributed by atoms with E-state index in [0.717, 1.165) is 22.5 Å². The molecule has 2 aromatic heterocycles. The van der Waals surface area contributed by atoms with Crippen LogP contribution in [0, 0.1) is 6.92 Å². The molecule has 0 aliphatic carbocycles. The van der Waals surface area contributed by atoms with E-state index >= 15 is 0 Å². The van der Waals surface area contributed by atoms with Crippen LogP contribution in [0.15, 0.2) is 47.7 Å². The van der Waals surface area contributed by atoms with Crippen LogP contribution >= 0.6 is 11.6 Å². The summed E-state index contributed by atoms with van der Waals surface area (Å²) in [4.78, 5) is 11.9. The molecule has 0 aliphatic heterocycles. The Balaban J connectivity index is 1.61. The number of rotatable bonds is 6. The van der Waals surface area contributed by atoms with Crippen molar-refractivity contribution >= 4 is 23.7 Å². The van der Waals surface area contributed by atoms with Crippen LogP contribution in [0.5, 0.6) is 0 Å². The molecule has 0 bridgehead atoms. The Morgan fingerprint density at radius 2 is 1.97 bits per heavy atom. The van der Waals surface area contributed by atoms with Crippen molar-refractivity contribution in [2.75, 3.05) is 0 Å². The molecule has 2 heterocycles. The van der Waals surface area contributed by atoms with Gasteiger partial charge in [0.2, 0.25) is 0 Å². The third-order valence-corrected chi connectivity index (χ3v) is 4.30. The van der Waals surface area contributed by atoms with Gasteiger partial charge in [-0.2, -0.15) is 28.5 Å². The number of aromatic nitrogens is 4. The molecule has 3 rings (SSSR count). The Hall–Kier alpha value is -3.14. The van der Waals surface area contributed by atoms with Crippen molar-refractivity contribution in [1.82, 2.24) is 25.0 Å². The van der Waals surface area contributed by atoms with Crippen molar-refractivity contribution in [3.8, 4) is 0 Å². The van der Waals surface area contributed by atoms with Gasteiger partial charge in [0.1, 0.15) is 11.7 Å². The average molecular weight is 425 g/mol. The number of hydrazone groups is 1. The molecular weight excluding hydrogens is 409 g/mol. The Bertz CT molecular complexity index is 1030. The van der Waals surface area contributed by atoms with Crippen LogP contribution < -0.4 is 5.43 Å². The highest BCUT2D eigenvalue weighted by molar-refractivity contribution is 6.32. The van der Waals surface area contributed by atoms with Crippen LogP contribution in [-0.2, 0) is 24.1 Å². The summed E-state index contributed by atoms with van der Waals surface area (Å²) < 4.78 is 40.1. The van der Waals surface area contributed by atoms with E-state index in [2.05, 4.69) is 20.7 Å². The van der Waals surface area contributed by atoms with Crippen LogP contribution in [0.2, 0.25) is 5.15 Å². The van der Waals surface area contributed by atoms with Crippen LogP contribution in [0.1, 0.15) is 22.5 Å². The Morgan fingerprint density at radius 3 is 2.62 bits per heavy atom. The standard InChI is InChI=1S/C18H16ClF3N6O/c1-12-14(17(19)28(25-12)10-13-5-3-2-4-6-13)9-23-24-16(29)11-27-8-7-15(26-27)18(20,21)22/h2-9H,10-11H2,1H3,(H,24,29)/b23-9+. The lowest BCUT2D eigenvalue weighted by atomic mass is 10.2. The molecule has 0 unspecified atom stereocenters. The first-order chi connectivity index (χ1) is 13.7. The number of hydrogen-bond acceptors (Lipinski definition) is 4. The Kier molecular flexibility index (Phi) is 6.02. The summed E-state index contributed by atoms with van der Waals surface area (Å²) in [6.07, 6.45) is -2.15. The molecule has 1 N–H and O–H groups in total. The van der Waals surface area contributed by atoms with Gasteiger partial charge in [-0.25, -0.2) is 10.1 Å². The second-order valence-electron chi connectivity index (χ2n) is 6.12. The normalized spacial score (nSPS) is 11.9. The smallest absolute Gasteiger partial charge is 0.271 e. The van der Waals surface area contributed by atoms with Crippen molar-refractivity contribution in [3.05, 3.63) is 70.3 Å². The molecule has 0 saturated carbocycles. The van der Waals surface area contributed by atoms with E-state index in [0.29, 0.717) is 23.0 Å². The zero-order valence-corrected chi connectivity index (χ0v) is 15.9. The molecule has 152 valence electrons. The van der Waals surface area contributed by atoms with Crippen molar-refractivity contribution in [3.63, 3.8) is 0 Å². The molecule has 11 heteroatoms. The van der Waals surface area contributed by atoms with E-state index in [1.807, 2.05) is 30.3 Å². The minimum Gasteiger partial charge on any atom is -0.271 e. The summed E-state index contributed by atoms with van der Waals surface area (Å²) >= 11 is 6.35. The lowest BCUT2D eigenvalue weighted by Gasteiger charge is -2.03. The summed E-state index contributed by atoms with van der Waals surface area (Å²) in [5.74, 6) is -0.636. The first-order valence-electron chi connectivity index (χ1n) is 8.43. The largest absolute Gasteiger partial charge is 0.435 e. The SMILES string of the molecule is Cc1nn(Cc2ccccc2)c(Cl)c1/C=N/NC(=O)Cn1ccc(C(F)(F)F)n1. The van der Waals surface area contributed by atoms with Gasteiger partial charge in [-0.3, -0.25) is 9.48 Å². The van der Waals surface area contributed by atoms with Gasteiger partial charge in [0.15, 0.2) is 5.69 Å². The molecule has 0 fully saturated rings. The number of carbonyl (C=O) groups excluding carboxylic acids is 1. The van der Waals surface area contributed by atoms with E-state index in [-0.39, 0.29) is 0 Å². The zero-order valence-electron chi connectivity index (χ0n) is 15.2. The quantitative estimate of drug-likeness (QED) is 0.487. The molecule has 0 aliphatic rings. The van der Waals surface area contributed by atoms with E-state index in [1.54, 1.807) is 11.6 Å². The minimum absolute atomic E-state index is 0.353. The van der Waals surface area contributed by atoms with Gasteiger partial charge >= 0.3 is 6.18 Å². The highest BCUT2D eigenvalue weighted by atomic mass is 35.5. The van der Waals surface area contributed by atoms with E-state index in [1.165, 1.54) is 6.21 Å². The predicted molar refractivity (Wildman–Crippen MR) is 100 cm³/mol. The second-order valence-corrected chi connectivity index (χ2v) is 6.48. The maximum absolute atomic E-state index is 12.5. The molecule has 0 saturated heterocycles.